The van der Waals surface area contributed by atoms with E-state index in [4.69, 9.17) is 4.74 Å². The predicted molar refractivity (Wildman–Crippen MR) is 98.0 cm³/mol. The van der Waals surface area contributed by atoms with Crippen molar-refractivity contribution in [3.05, 3.63) is 53.6 Å². The number of hydrogen-bond acceptors (Lipinski definition) is 3. The number of nitrogens with one attached hydrogen (secondary N) is 1. The van der Waals surface area contributed by atoms with Gasteiger partial charge in [0.15, 0.2) is 0 Å². The fourth-order valence-electron chi connectivity index (χ4n) is 3.18. The Hall–Kier alpha value is -2.82. The van der Waals surface area contributed by atoms with Gasteiger partial charge in [0.1, 0.15) is 5.75 Å². The molecule has 1 atom stereocenters. The van der Waals surface area contributed by atoms with Crippen LogP contribution in [0.2, 0.25) is 0 Å². The van der Waals surface area contributed by atoms with Crippen LogP contribution in [0.25, 0.3) is 0 Å². The van der Waals surface area contributed by atoms with Crippen molar-refractivity contribution in [1.82, 2.24) is 0 Å². The summed E-state index contributed by atoms with van der Waals surface area (Å²) >= 11 is 0. The quantitative estimate of drug-likeness (QED) is 0.930. The van der Waals surface area contributed by atoms with Crippen LogP contribution in [0.5, 0.6) is 5.75 Å². The highest BCUT2D eigenvalue weighted by atomic mass is 16.5. The van der Waals surface area contributed by atoms with Crippen molar-refractivity contribution in [3.63, 3.8) is 0 Å². The highest BCUT2D eigenvalue weighted by Crippen LogP contribution is 2.28. The van der Waals surface area contributed by atoms with Gasteiger partial charge in [0.2, 0.25) is 11.8 Å². The van der Waals surface area contributed by atoms with E-state index in [1.54, 1.807) is 24.1 Å². The Morgan fingerprint density at radius 1 is 1.16 bits per heavy atom. The highest BCUT2D eigenvalue weighted by molar-refractivity contribution is 6.03. The molecular weight excluding hydrogens is 316 g/mol. The van der Waals surface area contributed by atoms with Crippen molar-refractivity contribution in [3.8, 4) is 5.75 Å². The van der Waals surface area contributed by atoms with E-state index in [9.17, 15) is 9.59 Å². The predicted octanol–water partition coefficient (Wildman–Crippen LogP) is 3.30. The zero-order valence-corrected chi connectivity index (χ0v) is 14.7. The average molecular weight is 338 g/mol. The van der Waals surface area contributed by atoms with E-state index in [2.05, 4.69) is 11.4 Å². The molecule has 0 aromatic heterocycles. The maximum Gasteiger partial charge on any atom is 0.229 e. The van der Waals surface area contributed by atoms with Crippen LogP contribution in [-0.2, 0) is 9.59 Å². The first kappa shape index (κ1) is 17.0. The topological polar surface area (TPSA) is 58.6 Å². The van der Waals surface area contributed by atoms with Gasteiger partial charge in [-0.05, 0) is 49.2 Å². The molecule has 3 rings (SSSR count). The van der Waals surface area contributed by atoms with E-state index in [-0.39, 0.29) is 24.2 Å². The van der Waals surface area contributed by atoms with Gasteiger partial charge < -0.3 is 15.0 Å². The highest BCUT2D eigenvalue weighted by Gasteiger charge is 2.35. The first-order chi connectivity index (χ1) is 12.0. The number of anilines is 2. The summed E-state index contributed by atoms with van der Waals surface area (Å²) in [6.07, 6.45) is 0.225. The number of hydrogen-bond donors (Lipinski definition) is 1. The molecule has 1 saturated heterocycles. The largest absolute Gasteiger partial charge is 0.497 e. The number of rotatable bonds is 4. The lowest BCUT2D eigenvalue weighted by atomic mass is 10.1. The molecular formula is C20H22N2O3. The number of carbonyl (C=O) groups is 2. The van der Waals surface area contributed by atoms with Crippen LogP contribution in [0.15, 0.2) is 42.5 Å². The lowest BCUT2D eigenvalue weighted by molar-refractivity contribution is -0.122. The SMILES string of the molecule is COc1cccc(NC(=O)[C@H]2CC(=O)N(c3cc(C)cc(C)c3)C2)c1. The summed E-state index contributed by atoms with van der Waals surface area (Å²) in [4.78, 5) is 26.6. The molecule has 2 aromatic carbocycles. The summed E-state index contributed by atoms with van der Waals surface area (Å²) in [5.41, 5.74) is 3.74. The minimum absolute atomic E-state index is 0.0178. The van der Waals surface area contributed by atoms with Gasteiger partial charge in [0.25, 0.3) is 0 Å². The number of carbonyl (C=O) groups excluding carboxylic acids is 2. The average Bonchev–Trinajstić information content (AvgIpc) is 2.96. The van der Waals surface area contributed by atoms with Gasteiger partial charge in [-0.2, -0.15) is 0 Å². The zero-order chi connectivity index (χ0) is 18.0. The number of aryl methyl sites for hydroxylation is 2. The van der Waals surface area contributed by atoms with E-state index in [0.717, 1.165) is 16.8 Å². The molecule has 2 aromatic rings. The molecule has 25 heavy (non-hydrogen) atoms. The molecule has 1 fully saturated rings. The Kier molecular flexibility index (Phi) is 4.74. The van der Waals surface area contributed by atoms with Crippen LogP contribution >= 0.6 is 0 Å². The maximum absolute atomic E-state index is 12.5. The Balaban J connectivity index is 1.72. The summed E-state index contributed by atoms with van der Waals surface area (Å²) in [7, 11) is 1.58. The van der Waals surface area contributed by atoms with Gasteiger partial charge in [-0.25, -0.2) is 0 Å². The molecule has 1 N–H and O–H groups in total. The van der Waals surface area contributed by atoms with Crippen LogP contribution in [0, 0.1) is 19.8 Å². The standard InChI is InChI=1S/C20H22N2O3/c1-13-7-14(2)9-17(8-13)22-12-15(10-19(22)23)20(24)21-16-5-4-6-18(11-16)25-3/h4-9,11,15H,10,12H2,1-3H3,(H,21,24)/t15-/m0/s1. The minimum atomic E-state index is -0.362. The Bertz CT molecular complexity index is 796. The van der Waals surface area contributed by atoms with Crippen molar-refractivity contribution < 1.29 is 14.3 Å². The first-order valence-electron chi connectivity index (χ1n) is 8.30. The Morgan fingerprint density at radius 3 is 2.56 bits per heavy atom. The van der Waals surface area contributed by atoms with Crippen LogP contribution < -0.4 is 15.0 Å². The normalized spacial score (nSPS) is 16.8. The fourth-order valence-corrected chi connectivity index (χ4v) is 3.18. The number of methoxy groups -OCH3 is 1. The van der Waals surface area contributed by atoms with Crippen LogP contribution in [0.3, 0.4) is 0 Å². The van der Waals surface area contributed by atoms with Crippen LogP contribution in [0.4, 0.5) is 11.4 Å². The smallest absolute Gasteiger partial charge is 0.229 e. The number of nitrogens with zero attached hydrogens (tertiary/aromatic N) is 1. The lowest BCUT2D eigenvalue weighted by Crippen LogP contribution is -2.28. The molecule has 1 heterocycles. The van der Waals surface area contributed by atoms with E-state index in [1.165, 1.54) is 0 Å². The van der Waals surface area contributed by atoms with E-state index < -0.39 is 0 Å². The molecule has 0 spiro atoms. The fraction of sp³-hybridized carbons (Fsp3) is 0.300. The second kappa shape index (κ2) is 6.97. The molecule has 5 heteroatoms. The second-order valence-electron chi connectivity index (χ2n) is 6.47. The summed E-state index contributed by atoms with van der Waals surface area (Å²) in [5.74, 6) is 0.154. The summed E-state index contributed by atoms with van der Waals surface area (Å²) in [5, 5.41) is 2.88. The molecule has 2 amide bonds. The van der Waals surface area contributed by atoms with Gasteiger partial charge in [-0.1, -0.05) is 12.1 Å². The lowest BCUT2D eigenvalue weighted by Gasteiger charge is -2.18. The molecule has 0 bridgehead atoms. The van der Waals surface area contributed by atoms with Crippen LogP contribution in [-0.4, -0.2) is 25.5 Å². The second-order valence-corrected chi connectivity index (χ2v) is 6.47. The monoisotopic (exact) mass is 338 g/mol. The third kappa shape index (κ3) is 3.82. The third-order valence-electron chi connectivity index (χ3n) is 4.35. The van der Waals surface area contributed by atoms with Gasteiger partial charge in [0, 0.05) is 30.4 Å². The molecule has 0 unspecified atom stereocenters. The van der Waals surface area contributed by atoms with Gasteiger partial charge >= 0.3 is 0 Å². The summed E-state index contributed by atoms with van der Waals surface area (Å²) < 4.78 is 5.16. The third-order valence-corrected chi connectivity index (χ3v) is 4.35. The zero-order valence-electron chi connectivity index (χ0n) is 14.7. The molecule has 5 nitrogen and oxygen atoms in total. The molecule has 130 valence electrons. The van der Waals surface area contributed by atoms with Crippen molar-refractivity contribution in [1.29, 1.82) is 0 Å². The number of amides is 2. The van der Waals surface area contributed by atoms with E-state index in [1.807, 2.05) is 38.1 Å². The Morgan fingerprint density at radius 2 is 1.88 bits per heavy atom. The number of ether oxygens (including phenoxy) is 1. The molecule has 0 saturated carbocycles. The maximum atomic E-state index is 12.5. The van der Waals surface area contributed by atoms with Gasteiger partial charge in [-0.15, -0.1) is 0 Å². The first-order valence-corrected chi connectivity index (χ1v) is 8.30. The molecule has 0 radical (unpaired) electrons. The van der Waals surface area contributed by atoms with Crippen molar-refractivity contribution in [2.24, 2.45) is 5.92 Å². The van der Waals surface area contributed by atoms with Gasteiger partial charge in [0.05, 0.1) is 13.0 Å². The van der Waals surface area contributed by atoms with Crippen LogP contribution in [0.1, 0.15) is 17.5 Å². The van der Waals surface area contributed by atoms with Crippen molar-refractivity contribution in [2.45, 2.75) is 20.3 Å². The molecule has 1 aliphatic rings. The summed E-state index contributed by atoms with van der Waals surface area (Å²) in [6.45, 7) is 4.41. The summed E-state index contributed by atoms with van der Waals surface area (Å²) in [6, 6.07) is 13.2. The minimum Gasteiger partial charge on any atom is -0.497 e. The number of benzene rings is 2. The van der Waals surface area contributed by atoms with Gasteiger partial charge in [-0.3, -0.25) is 9.59 Å². The Labute approximate surface area is 147 Å². The van der Waals surface area contributed by atoms with E-state index in [0.29, 0.717) is 18.0 Å². The van der Waals surface area contributed by atoms with E-state index >= 15 is 0 Å². The van der Waals surface area contributed by atoms with Crippen molar-refractivity contribution in [2.75, 3.05) is 23.9 Å². The molecule has 1 aliphatic heterocycles. The molecule has 0 aliphatic carbocycles. The van der Waals surface area contributed by atoms with Crippen molar-refractivity contribution >= 4 is 23.2 Å².